The topological polar surface area (TPSA) is 55.3 Å². The SMILES string of the molecule is CN(Cc1coc(-c2ccc(Cl)cc2)n1)C(CN)C1CC1.Cl. The Morgan fingerprint density at radius 2 is 2.05 bits per heavy atom. The average molecular weight is 342 g/mol. The first-order chi connectivity index (χ1) is 10.2. The van der Waals surface area contributed by atoms with Gasteiger partial charge in [-0.2, -0.15) is 0 Å². The Bertz CT molecular complexity index is 596. The molecule has 0 spiro atoms. The van der Waals surface area contributed by atoms with Crippen LogP contribution in [0.1, 0.15) is 18.5 Å². The Labute approximate surface area is 142 Å². The number of rotatable bonds is 6. The Balaban J connectivity index is 0.00000176. The third-order valence-electron chi connectivity index (χ3n) is 4.03. The van der Waals surface area contributed by atoms with Crippen molar-refractivity contribution in [2.24, 2.45) is 11.7 Å². The summed E-state index contributed by atoms with van der Waals surface area (Å²) in [6.07, 6.45) is 4.31. The first kappa shape index (κ1) is 17.3. The van der Waals surface area contributed by atoms with Crippen LogP contribution in [0.25, 0.3) is 11.5 Å². The molecule has 22 heavy (non-hydrogen) atoms. The fraction of sp³-hybridized carbons (Fsp3) is 0.438. The second kappa shape index (κ2) is 7.47. The van der Waals surface area contributed by atoms with E-state index in [9.17, 15) is 0 Å². The number of hydrogen-bond acceptors (Lipinski definition) is 4. The van der Waals surface area contributed by atoms with E-state index in [4.69, 9.17) is 21.8 Å². The van der Waals surface area contributed by atoms with Crippen LogP contribution < -0.4 is 5.73 Å². The lowest BCUT2D eigenvalue weighted by molar-refractivity contribution is 0.213. The van der Waals surface area contributed by atoms with Crippen molar-refractivity contribution >= 4 is 24.0 Å². The van der Waals surface area contributed by atoms with E-state index in [0.717, 1.165) is 23.7 Å². The lowest BCUT2D eigenvalue weighted by Gasteiger charge is -2.25. The fourth-order valence-corrected chi connectivity index (χ4v) is 2.82. The number of oxazole rings is 1. The predicted molar refractivity (Wildman–Crippen MR) is 91.2 cm³/mol. The molecule has 1 atom stereocenters. The molecule has 120 valence electrons. The van der Waals surface area contributed by atoms with Gasteiger partial charge in [0.15, 0.2) is 0 Å². The number of aromatic nitrogens is 1. The molecule has 0 saturated heterocycles. The lowest BCUT2D eigenvalue weighted by Crippen LogP contribution is -2.39. The van der Waals surface area contributed by atoms with Gasteiger partial charge in [0.2, 0.25) is 5.89 Å². The van der Waals surface area contributed by atoms with Crippen molar-refractivity contribution in [1.82, 2.24) is 9.88 Å². The maximum absolute atomic E-state index is 5.89. The highest BCUT2D eigenvalue weighted by molar-refractivity contribution is 6.30. The summed E-state index contributed by atoms with van der Waals surface area (Å²) in [7, 11) is 2.10. The van der Waals surface area contributed by atoms with E-state index in [2.05, 4.69) is 16.9 Å². The van der Waals surface area contributed by atoms with Crippen LogP contribution in [0.2, 0.25) is 5.02 Å². The molecule has 0 amide bonds. The van der Waals surface area contributed by atoms with Gasteiger partial charge >= 0.3 is 0 Å². The summed E-state index contributed by atoms with van der Waals surface area (Å²) in [5.41, 5.74) is 7.75. The van der Waals surface area contributed by atoms with E-state index in [1.807, 2.05) is 24.3 Å². The summed E-state index contributed by atoms with van der Waals surface area (Å²) in [4.78, 5) is 6.83. The van der Waals surface area contributed by atoms with Crippen LogP contribution in [0.15, 0.2) is 34.9 Å². The van der Waals surface area contributed by atoms with Gasteiger partial charge in [0, 0.05) is 29.7 Å². The number of likely N-dealkylation sites (N-methyl/N-ethyl adjacent to an activating group) is 1. The minimum atomic E-state index is 0. The number of hydrogen-bond donors (Lipinski definition) is 1. The summed E-state index contributed by atoms with van der Waals surface area (Å²) in [6.45, 7) is 1.46. The Morgan fingerprint density at radius 3 is 2.64 bits per heavy atom. The maximum Gasteiger partial charge on any atom is 0.226 e. The van der Waals surface area contributed by atoms with Gasteiger partial charge in [0.1, 0.15) is 6.26 Å². The van der Waals surface area contributed by atoms with Crippen molar-refractivity contribution in [1.29, 1.82) is 0 Å². The van der Waals surface area contributed by atoms with Gasteiger partial charge in [-0.1, -0.05) is 11.6 Å². The summed E-state index contributed by atoms with van der Waals surface area (Å²) in [5, 5.41) is 0.709. The zero-order valence-electron chi connectivity index (χ0n) is 12.5. The van der Waals surface area contributed by atoms with Gasteiger partial charge in [-0.25, -0.2) is 4.98 Å². The zero-order chi connectivity index (χ0) is 14.8. The van der Waals surface area contributed by atoms with Crippen molar-refractivity contribution in [3.05, 3.63) is 41.2 Å². The highest BCUT2D eigenvalue weighted by Gasteiger charge is 2.33. The van der Waals surface area contributed by atoms with E-state index in [1.165, 1.54) is 12.8 Å². The Morgan fingerprint density at radius 1 is 1.36 bits per heavy atom. The normalized spacial score (nSPS) is 15.6. The van der Waals surface area contributed by atoms with Gasteiger partial charge in [-0.3, -0.25) is 4.90 Å². The van der Waals surface area contributed by atoms with Gasteiger partial charge < -0.3 is 10.2 Å². The predicted octanol–water partition coefficient (Wildman–Crippen LogP) is 3.59. The maximum atomic E-state index is 5.89. The van der Waals surface area contributed by atoms with E-state index in [1.54, 1.807) is 6.26 Å². The molecule has 0 radical (unpaired) electrons. The molecule has 0 aliphatic heterocycles. The molecule has 1 saturated carbocycles. The highest BCUT2D eigenvalue weighted by atomic mass is 35.5. The summed E-state index contributed by atoms with van der Waals surface area (Å²) < 4.78 is 5.57. The van der Waals surface area contributed by atoms with Crippen molar-refractivity contribution in [3.8, 4) is 11.5 Å². The minimum absolute atomic E-state index is 0. The first-order valence-corrected chi connectivity index (χ1v) is 7.66. The summed E-state index contributed by atoms with van der Waals surface area (Å²) >= 11 is 5.89. The average Bonchev–Trinajstić information content (AvgIpc) is 3.20. The molecule has 1 aromatic heterocycles. The largest absolute Gasteiger partial charge is 0.444 e. The van der Waals surface area contributed by atoms with E-state index < -0.39 is 0 Å². The number of halogens is 2. The molecule has 1 aromatic carbocycles. The molecule has 4 nitrogen and oxygen atoms in total. The smallest absolute Gasteiger partial charge is 0.226 e. The van der Waals surface area contributed by atoms with Crippen LogP contribution in [0.5, 0.6) is 0 Å². The van der Waals surface area contributed by atoms with Gasteiger partial charge in [0.05, 0.1) is 5.69 Å². The monoisotopic (exact) mass is 341 g/mol. The molecule has 3 rings (SSSR count). The lowest BCUT2D eigenvalue weighted by atomic mass is 10.1. The van der Waals surface area contributed by atoms with Crippen LogP contribution >= 0.6 is 24.0 Å². The third kappa shape index (κ3) is 4.02. The molecule has 6 heteroatoms. The Kier molecular flexibility index (Phi) is 5.87. The quantitative estimate of drug-likeness (QED) is 0.872. The molecule has 1 unspecified atom stereocenters. The summed E-state index contributed by atoms with van der Waals surface area (Å²) in [6, 6.07) is 7.94. The molecular weight excluding hydrogens is 321 g/mol. The van der Waals surface area contributed by atoms with Crippen LogP contribution in [-0.4, -0.2) is 29.5 Å². The van der Waals surface area contributed by atoms with Gasteiger partial charge in [-0.05, 0) is 50.1 Å². The van der Waals surface area contributed by atoms with Gasteiger partial charge in [0.25, 0.3) is 0 Å². The second-order valence-corrected chi connectivity index (χ2v) is 6.14. The number of nitrogens with two attached hydrogens (primary N) is 1. The third-order valence-corrected chi connectivity index (χ3v) is 4.28. The van der Waals surface area contributed by atoms with E-state index in [-0.39, 0.29) is 12.4 Å². The zero-order valence-corrected chi connectivity index (χ0v) is 14.1. The van der Waals surface area contributed by atoms with Crippen LogP contribution in [0.4, 0.5) is 0 Å². The first-order valence-electron chi connectivity index (χ1n) is 7.28. The molecule has 1 heterocycles. The van der Waals surface area contributed by atoms with Crippen LogP contribution in [0.3, 0.4) is 0 Å². The van der Waals surface area contributed by atoms with Gasteiger partial charge in [-0.15, -0.1) is 12.4 Å². The standard InChI is InChI=1S/C16H20ClN3O.ClH/c1-20(15(8-18)11-2-3-11)9-14-10-21-16(19-14)12-4-6-13(17)7-5-12;/h4-7,10-11,15H,2-3,8-9,18H2,1H3;1H. The highest BCUT2D eigenvalue weighted by Crippen LogP contribution is 2.35. The molecule has 2 N–H and O–H groups in total. The molecule has 1 aliphatic rings. The second-order valence-electron chi connectivity index (χ2n) is 5.71. The molecule has 2 aromatic rings. The molecular formula is C16H21Cl2N3O. The van der Waals surface area contributed by atoms with Crippen molar-refractivity contribution in [3.63, 3.8) is 0 Å². The van der Waals surface area contributed by atoms with E-state index in [0.29, 0.717) is 23.5 Å². The Hall–Kier alpha value is -1.07. The van der Waals surface area contributed by atoms with Crippen LogP contribution in [0, 0.1) is 5.92 Å². The van der Waals surface area contributed by atoms with E-state index >= 15 is 0 Å². The number of benzene rings is 1. The van der Waals surface area contributed by atoms with Crippen molar-refractivity contribution < 1.29 is 4.42 Å². The van der Waals surface area contributed by atoms with Crippen molar-refractivity contribution in [2.75, 3.05) is 13.6 Å². The fourth-order valence-electron chi connectivity index (χ4n) is 2.69. The van der Waals surface area contributed by atoms with Crippen molar-refractivity contribution in [2.45, 2.75) is 25.4 Å². The summed E-state index contributed by atoms with van der Waals surface area (Å²) in [5.74, 6) is 1.38. The molecule has 0 bridgehead atoms. The number of nitrogens with zero attached hydrogens (tertiary/aromatic N) is 2. The van der Waals surface area contributed by atoms with Crippen LogP contribution in [-0.2, 0) is 6.54 Å². The molecule has 1 fully saturated rings. The minimum Gasteiger partial charge on any atom is -0.444 e. The molecule has 1 aliphatic carbocycles.